The first-order chi connectivity index (χ1) is 9.75. The zero-order valence-electron chi connectivity index (χ0n) is 11.6. The number of rotatable bonds is 3. The van der Waals surface area contributed by atoms with Gasteiger partial charge in [-0.05, 0) is 18.4 Å². The molecule has 0 aromatic heterocycles. The fraction of sp³-hybridized carbons (Fsp3) is 0.562. The van der Waals surface area contributed by atoms with E-state index in [1.54, 1.807) is 0 Å². The standard InChI is InChI=1S/C16H21NO3/c18-16(19)15-11-17(13-6-8-20-9-7-13)10-14(15)12-4-2-1-3-5-12/h1-5,13-15H,6-11H2,(H,18,19)/t14-,15+/m1/s1. The lowest BCUT2D eigenvalue weighted by Gasteiger charge is -2.31. The summed E-state index contributed by atoms with van der Waals surface area (Å²) in [6.45, 7) is 3.12. The van der Waals surface area contributed by atoms with Crippen LogP contribution in [0.2, 0.25) is 0 Å². The predicted molar refractivity (Wildman–Crippen MR) is 75.7 cm³/mol. The lowest BCUT2D eigenvalue weighted by molar-refractivity contribution is -0.141. The Hall–Kier alpha value is -1.39. The molecule has 2 aliphatic heterocycles. The van der Waals surface area contributed by atoms with Crippen molar-refractivity contribution < 1.29 is 14.6 Å². The van der Waals surface area contributed by atoms with Crippen LogP contribution < -0.4 is 0 Å². The van der Waals surface area contributed by atoms with E-state index >= 15 is 0 Å². The number of ether oxygens (including phenoxy) is 1. The molecule has 108 valence electrons. The Bertz CT molecular complexity index is 456. The Morgan fingerprint density at radius 2 is 1.85 bits per heavy atom. The van der Waals surface area contributed by atoms with Crippen molar-refractivity contribution in [3.05, 3.63) is 35.9 Å². The van der Waals surface area contributed by atoms with E-state index in [4.69, 9.17) is 4.74 Å². The molecule has 1 N–H and O–H groups in total. The summed E-state index contributed by atoms with van der Waals surface area (Å²) in [7, 11) is 0. The van der Waals surface area contributed by atoms with Gasteiger partial charge < -0.3 is 9.84 Å². The number of hydrogen-bond donors (Lipinski definition) is 1. The van der Waals surface area contributed by atoms with E-state index < -0.39 is 5.97 Å². The molecule has 2 fully saturated rings. The van der Waals surface area contributed by atoms with Gasteiger partial charge in [0.05, 0.1) is 5.92 Å². The normalized spacial score (nSPS) is 28.6. The van der Waals surface area contributed by atoms with E-state index in [1.165, 1.54) is 0 Å². The van der Waals surface area contributed by atoms with Crippen LogP contribution in [-0.2, 0) is 9.53 Å². The highest BCUT2D eigenvalue weighted by molar-refractivity contribution is 5.72. The molecule has 2 saturated heterocycles. The molecule has 20 heavy (non-hydrogen) atoms. The second-order valence-electron chi connectivity index (χ2n) is 5.76. The van der Waals surface area contributed by atoms with E-state index in [9.17, 15) is 9.90 Å². The zero-order valence-corrected chi connectivity index (χ0v) is 11.6. The topological polar surface area (TPSA) is 49.8 Å². The van der Waals surface area contributed by atoms with Crippen LogP contribution in [0.3, 0.4) is 0 Å². The van der Waals surface area contributed by atoms with Crippen LogP contribution in [0.5, 0.6) is 0 Å². The summed E-state index contributed by atoms with van der Waals surface area (Å²) in [6.07, 6.45) is 2.04. The van der Waals surface area contributed by atoms with Gasteiger partial charge in [-0.1, -0.05) is 30.3 Å². The van der Waals surface area contributed by atoms with Crippen molar-refractivity contribution in [1.82, 2.24) is 4.90 Å². The van der Waals surface area contributed by atoms with Gasteiger partial charge in [-0.2, -0.15) is 0 Å². The first-order valence-electron chi connectivity index (χ1n) is 7.35. The number of carboxylic acids is 1. The number of hydrogen-bond acceptors (Lipinski definition) is 3. The van der Waals surface area contributed by atoms with E-state index in [0.29, 0.717) is 12.6 Å². The van der Waals surface area contributed by atoms with Crippen molar-refractivity contribution in [3.63, 3.8) is 0 Å². The lowest BCUT2D eigenvalue weighted by atomic mass is 9.89. The van der Waals surface area contributed by atoms with Crippen LogP contribution in [-0.4, -0.2) is 48.3 Å². The Morgan fingerprint density at radius 1 is 1.15 bits per heavy atom. The largest absolute Gasteiger partial charge is 0.481 e. The fourth-order valence-corrected chi connectivity index (χ4v) is 3.47. The molecule has 0 aliphatic carbocycles. The highest BCUT2D eigenvalue weighted by Gasteiger charge is 2.41. The molecule has 0 amide bonds. The first-order valence-corrected chi connectivity index (χ1v) is 7.35. The molecule has 0 unspecified atom stereocenters. The Kier molecular flexibility index (Phi) is 4.03. The van der Waals surface area contributed by atoms with E-state index in [2.05, 4.69) is 4.90 Å². The molecule has 0 saturated carbocycles. The van der Waals surface area contributed by atoms with Crippen LogP contribution >= 0.6 is 0 Å². The van der Waals surface area contributed by atoms with Gasteiger partial charge in [0.2, 0.25) is 0 Å². The third-order valence-corrected chi connectivity index (χ3v) is 4.60. The molecule has 2 atom stereocenters. The molecule has 0 bridgehead atoms. The molecule has 3 rings (SSSR count). The molecule has 1 aromatic carbocycles. The highest BCUT2D eigenvalue weighted by Crippen LogP contribution is 2.35. The van der Waals surface area contributed by atoms with Gasteiger partial charge in [-0.3, -0.25) is 9.69 Å². The van der Waals surface area contributed by atoms with E-state index in [1.807, 2.05) is 30.3 Å². The second-order valence-corrected chi connectivity index (χ2v) is 5.76. The molecule has 2 aliphatic rings. The van der Waals surface area contributed by atoms with Crippen molar-refractivity contribution >= 4 is 5.97 Å². The number of benzene rings is 1. The van der Waals surface area contributed by atoms with Gasteiger partial charge in [0.15, 0.2) is 0 Å². The zero-order chi connectivity index (χ0) is 13.9. The van der Waals surface area contributed by atoms with Gasteiger partial charge in [0, 0.05) is 38.3 Å². The second kappa shape index (κ2) is 5.94. The molecule has 4 nitrogen and oxygen atoms in total. The molecule has 0 radical (unpaired) electrons. The number of carboxylic acid groups (broad SMARTS) is 1. The van der Waals surface area contributed by atoms with Gasteiger partial charge >= 0.3 is 5.97 Å². The lowest BCUT2D eigenvalue weighted by Crippen LogP contribution is -2.38. The predicted octanol–water partition coefficient (Wildman–Crippen LogP) is 1.97. The fourth-order valence-electron chi connectivity index (χ4n) is 3.47. The van der Waals surface area contributed by atoms with Crippen LogP contribution in [0, 0.1) is 5.92 Å². The Balaban J connectivity index is 1.77. The molecule has 4 heteroatoms. The van der Waals surface area contributed by atoms with E-state index in [0.717, 1.165) is 38.2 Å². The van der Waals surface area contributed by atoms with Crippen molar-refractivity contribution in [2.45, 2.75) is 24.8 Å². The summed E-state index contributed by atoms with van der Waals surface area (Å²) < 4.78 is 5.40. The van der Waals surface area contributed by atoms with Crippen molar-refractivity contribution in [1.29, 1.82) is 0 Å². The van der Waals surface area contributed by atoms with Crippen molar-refractivity contribution in [2.24, 2.45) is 5.92 Å². The van der Waals surface area contributed by atoms with Crippen LogP contribution in [0.1, 0.15) is 24.3 Å². The van der Waals surface area contributed by atoms with Crippen LogP contribution in [0.4, 0.5) is 0 Å². The maximum absolute atomic E-state index is 11.6. The highest BCUT2D eigenvalue weighted by atomic mass is 16.5. The number of aliphatic carboxylic acids is 1. The number of carbonyl (C=O) groups is 1. The van der Waals surface area contributed by atoms with E-state index in [-0.39, 0.29) is 11.8 Å². The van der Waals surface area contributed by atoms with Gasteiger partial charge in [0.25, 0.3) is 0 Å². The SMILES string of the molecule is O=C(O)[C@H]1CN(C2CCOCC2)C[C@@H]1c1ccccc1. The Labute approximate surface area is 119 Å². The van der Waals surface area contributed by atoms with Crippen LogP contribution in [0.15, 0.2) is 30.3 Å². The molecular weight excluding hydrogens is 254 g/mol. The summed E-state index contributed by atoms with van der Waals surface area (Å²) in [5.41, 5.74) is 1.15. The quantitative estimate of drug-likeness (QED) is 0.916. The average molecular weight is 275 g/mol. The Morgan fingerprint density at radius 3 is 2.50 bits per heavy atom. The monoisotopic (exact) mass is 275 g/mol. The van der Waals surface area contributed by atoms with Gasteiger partial charge in [-0.25, -0.2) is 0 Å². The summed E-state index contributed by atoms with van der Waals surface area (Å²) in [5.74, 6) is -0.856. The van der Waals surface area contributed by atoms with Gasteiger partial charge in [0.1, 0.15) is 0 Å². The molecule has 2 heterocycles. The maximum atomic E-state index is 11.6. The van der Waals surface area contributed by atoms with Crippen molar-refractivity contribution in [3.8, 4) is 0 Å². The van der Waals surface area contributed by atoms with Gasteiger partial charge in [-0.15, -0.1) is 0 Å². The first kappa shape index (κ1) is 13.6. The third kappa shape index (κ3) is 2.72. The smallest absolute Gasteiger partial charge is 0.308 e. The molecule has 1 aromatic rings. The number of nitrogens with zero attached hydrogens (tertiary/aromatic N) is 1. The average Bonchev–Trinajstić information content (AvgIpc) is 2.94. The molecule has 0 spiro atoms. The van der Waals surface area contributed by atoms with Crippen LogP contribution in [0.25, 0.3) is 0 Å². The molecular formula is C16H21NO3. The summed E-state index contributed by atoms with van der Waals surface area (Å²) in [4.78, 5) is 13.9. The maximum Gasteiger partial charge on any atom is 0.308 e. The minimum atomic E-state index is -0.673. The minimum absolute atomic E-state index is 0.108. The van der Waals surface area contributed by atoms with Crippen molar-refractivity contribution in [2.75, 3.05) is 26.3 Å². The number of likely N-dealkylation sites (tertiary alicyclic amines) is 1. The minimum Gasteiger partial charge on any atom is -0.481 e. The summed E-state index contributed by atoms with van der Waals surface area (Å²) in [6, 6.07) is 10.5. The summed E-state index contributed by atoms with van der Waals surface area (Å²) >= 11 is 0. The third-order valence-electron chi connectivity index (χ3n) is 4.60. The summed E-state index contributed by atoms with van der Waals surface area (Å²) in [5, 5.41) is 9.51.